The Morgan fingerprint density at radius 2 is 1.78 bits per heavy atom. The van der Waals surface area contributed by atoms with Gasteiger partial charge in [-0.25, -0.2) is 0 Å². The summed E-state index contributed by atoms with van der Waals surface area (Å²) >= 11 is 0. The molecule has 23 heavy (non-hydrogen) atoms. The molecular weight excluding hydrogens is 290 g/mol. The van der Waals surface area contributed by atoms with Gasteiger partial charge in [-0.05, 0) is 23.1 Å². The largest absolute Gasteiger partial charge is 0.330 e. The molecule has 3 aromatic rings. The SMILES string of the molecule is CC(C)(C)c1ccc(C(=O)c2nc(-c3ccccn3)no2)cc1. The van der Waals surface area contributed by atoms with Crippen molar-refractivity contribution in [1.29, 1.82) is 0 Å². The van der Waals surface area contributed by atoms with Crippen molar-refractivity contribution in [3.63, 3.8) is 0 Å². The summed E-state index contributed by atoms with van der Waals surface area (Å²) in [5.74, 6) is -0.0189. The van der Waals surface area contributed by atoms with Gasteiger partial charge in [0.1, 0.15) is 5.69 Å². The van der Waals surface area contributed by atoms with E-state index in [0.717, 1.165) is 5.56 Å². The van der Waals surface area contributed by atoms with Crippen LogP contribution in [0.2, 0.25) is 0 Å². The molecule has 0 atom stereocenters. The average Bonchev–Trinajstić information content (AvgIpc) is 3.04. The van der Waals surface area contributed by atoms with Crippen molar-refractivity contribution in [2.75, 3.05) is 0 Å². The number of nitrogens with zero attached hydrogens (tertiary/aromatic N) is 3. The van der Waals surface area contributed by atoms with Crippen molar-refractivity contribution in [2.45, 2.75) is 26.2 Å². The number of pyridine rings is 1. The average molecular weight is 307 g/mol. The Morgan fingerprint density at radius 3 is 2.39 bits per heavy atom. The van der Waals surface area contributed by atoms with Gasteiger partial charge in [-0.15, -0.1) is 0 Å². The van der Waals surface area contributed by atoms with Crippen molar-refractivity contribution in [3.05, 3.63) is 65.7 Å². The highest BCUT2D eigenvalue weighted by atomic mass is 16.5. The fourth-order valence-corrected chi connectivity index (χ4v) is 2.16. The fraction of sp³-hybridized carbons (Fsp3) is 0.222. The molecular formula is C18H17N3O2. The second kappa shape index (κ2) is 5.76. The Labute approximate surface area is 134 Å². The lowest BCUT2D eigenvalue weighted by Gasteiger charge is -2.18. The van der Waals surface area contributed by atoms with Gasteiger partial charge in [0.15, 0.2) is 0 Å². The molecule has 0 unspecified atom stereocenters. The first-order chi connectivity index (χ1) is 10.9. The molecule has 0 aliphatic carbocycles. The van der Waals surface area contributed by atoms with Crippen molar-refractivity contribution in [2.24, 2.45) is 0 Å². The predicted octanol–water partition coefficient (Wildman–Crippen LogP) is 3.66. The summed E-state index contributed by atoms with van der Waals surface area (Å²) in [6.07, 6.45) is 1.64. The van der Waals surface area contributed by atoms with E-state index in [1.165, 1.54) is 0 Å². The molecule has 0 radical (unpaired) electrons. The maximum absolute atomic E-state index is 12.4. The lowest BCUT2D eigenvalue weighted by Crippen LogP contribution is -2.11. The van der Waals surface area contributed by atoms with Crippen molar-refractivity contribution >= 4 is 5.78 Å². The van der Waals surface area contributed by atoms with Crippen LogP contribution in [0.1, 0.15) is 42.6 Å². The van der Waals surface area contributed by atoms with Gasteiger partial charge < -0.3 is 4.52 Å². The Hall–Kier alpha value is -2.82. The molecule has 0 bridgehead atoms. The second-order valence-electron chi connectivity index (χ2n) is 6.29. The molecule has 2 heterocycles. The van der Waals surface area contributed by atoms with Crippen LogP contribution >= 0.6 is 0 Å². The highest BCUT2D eigenvalue weighted by molar-refractivity contribution is 6.06. The maximum atomic E-state index is 12.4. The van der Waals surface area contributed by atoms with Gasteiger partial charge in [-0.2, -0.15) is 4.98 Å². The van der Waals surface area contributed by atoms with Gasteiger partial charge in [-0.3, -0.25) is 9.78 Å². The van der Waals surface area contributed by atoms with E-state index in [4.69, 9.17) is 4.52 Å². The van der Waals surface area contributed by atoms with E-state index in [-0.39, 0.29) is 17.1 Å². The second-order valence-corrected chi connectivity index (χ2v) is 6.29. The highest BCUT2D eigenvalue weighted by Crippen LogP contribution is 2.23. The highest BCUT2D eigenvalue weighted by Gasteiger charge is 2.20. The molecule has 3 rings (SSSR count). The molecule has 1 aromatic carbocycles. The van der Waals surface area contributed by atoms with E-state index in [9.17, 15) is 4.79 Å². The molecule has 0 fully saturated rings. The molecule has 0 amide bonds. The number of benzene rings is 1. The Kier molecular flexibility index (Phi) is 3.78. The fourth-order valence-electron chi connectivity index (χ4n) is 2.16. The van der Waals surface area contributed by atoms with Crippen LogP contribution in [0, 0.1) is 0 Å². The first kappa shape index (κ1) is 15.1. The Bertz CT molecular complexity index is 815. The number of hydrogen-bond acceptors (Lipinski definition) is 5. The summed E-state index contributed by atoms with van der Waals surface area (Å²) in [4.78, 5) is 20.7. The van der Waals surface area contributed by atoms with E-state index >= 15 is 0 Å². The predicted molar refractivity (Wildman–Crippen MR) is 86.1 cm³/mol. The number of carbonyl (C=O) groups is 1. The van der Waals surface area contributed by atoms with Gasteiger partial charge in [0.25, 0.3) is 11.7 Å². The summed E-state index contributed by atoms with van der Waals surface area (Å²) in [6.45, 7) is 6.38. The summed E-state index contributed by atoms with van der Waals surface area (Å²) in [5, 5.41) is 3.82. The third-order valence-electron chi connectivity index (χ3n) is 3.53. The van der Waals surface area contributed by atoms with Crippen molar-refractivity contribution in [1.82, 2.24) is 15.1 Å². The van der Waals surface area contributed by atoms with Gasteiger partial charge in [0.05, 0.1) is 0 Å². The quantitative estimate of drug-likeness (QED) is 0.691. The summed E-state index contributed by atoms with van der Waals surface area (Å²) < 4.78 is 5.08. The van der Waals surface area contributed by atoms with E-state index in [1.807, 2.05) is 18.2 Å². The van der Waals surface area contributed by atoms with Crippen LogP contribution in [-0.2, 0) is 5.41 Å². The van der Waals surface area contributed by atoms with Crippen LogP contribution in [0.3, 0.4) is 0 Å². The van der Waals surface area contributed by atoms with E-state index in [0.29, 0.717) is 17.1 Å². The number of hydrogen-bond donors (Lipinski definition) is 0. The lowest BCUT2D eigenvalue weighted by molar-refractivity contribution is 0.0994. The van der Waals surface area contributed by atoms with Gasteiger partial charge >= 0.3 is 0 Å². The zero-order valence-electron chi connectivity index (χ0n) is 13.3. The first-order valence-corrected chi connectivity index (χ1v) is 7.35. The van der Waals surface area contributed by atoms with E-state index < -0.39 is 0 Å². The normalized spacial score (nSPS) is 11.4. The molecule has 5 nitrogen and oxygen atoms in total. The number of carbonyl (C=O) groups excluding carboxylic acids is 1. The molecule has 2 aromatic heterocycles. The zero-order chi connectivity index (χ0) is 16.4. The number of aromatic nitrogens is 3. The van der Waals surface area contributed by atoms with Crippen molar-refractivity contribution < 1.29 is 9.32 Å². The molecule has 0 aliphatic rings. The van der Waals surface area contributed by atoms with Crippen LogP contribution in [0.5, 0.6) is 0 Å². The summed E-state index contributed by atoms with van der Waals surface area (Å²) in [5.41, 5.74) is 2.29. The molecule has 0 aliphatic heterocycles. The standard InChI is InChI=1S/C18H17N3O2/c1-18(2,3)13-9-7-12(8-10-13)15(22)17-20-16(21-23-17)14-6-4-5-11-19-14/h4-11H,1-3H3. The van der Waals surface area contributed by atoms with Crippen LogP contribution in [0.15, 0.2) is 53.2 Å². The van der Waals surface area contributed by atoms with Gasteiger partial charge in [-0.1, -0.05) is 56.3 Å². The third-order valence-corrected chi connectivity index (χ3v) is 3.53. The van der Waals surface area contributed by atoms with Crippen LogP contribution in [-0.4, -0.2) is 20.9 Å². The maximum Gasteiger partial charge on any atom is 0.299 e. The molecule has 0 saturated heterocycles. The zero-order valence-corrected chi connectivity index (χ0v) is 13.3. The molecule has 0 spiro atoms. The first-order valence-electron chi connectivity index (χ1n) is 7.35. The molecule has 0 N–H and O–H groups in total. The minimum atomic E-state index is -0.292. The Balaban J connectivity index is 1.85. The number of ketones is 1. The topological polar surface area (TPSA) is 68.9 Å². The van der Waals surface area contributed by atoms with Gasteiger partial charge in [0.2, 0.25) is 5.82 Å². The van der Waals surface area contributed by atoms with Crippen molar-refractivity contribution in [3.8, 4) is 11.5 Å². The molecule has 5 heteroatoms. The monoisotopic (exact) mass is 307 g/mol. The van der Waals surface area contributed by atoms with E-state index in [1.54, 1.807) is 30.5 Å². The minimum absolute atomic E-state index is 0.0332. The lowest BCUT2D eigenvalue weighted by atomic mass is 9.86. The summed E-state index contributed by atoms with van der Waals surface area (Å²) in [6, 6.07) is 12.8. The molecule has 116 valence electrons. The minimum Gasteiger partial charge on any atom is -0.330 e. The smallest absolute Gasteiger partial charge is 0.299 e. The van der Waals surface area contributed by atoms with Crippen LogP contribution < -0.4 is 0 Å². The van der Waals surface area contributed by atoms with Gasteiger partial charge in [0, 0.05) is 11.8 Å². The third kappa shape index (κ3) is 3.18. The van der Waals surface area contributed by atoms with E-state index in [2.05, 4.69) is 35.9 Å². The van der Waals surface area contributed by atoms with Crippen LogP contribution in [0.4, 0.5) is 0 Å². The number of rotatable bonds is 3. The molecule has 0 saturated carbocycles. The Morgan fingerprint density at radius 1 is 1.04 bits per heavy atom. The summed E-state index contributed by atoms with van der Waals surface area (Å²) in [7, 11) is 0. The van der Waals surface area contributed by atoms with Crippen LogP contribution in [0.25, 0.3) is 11.5 Å².